The van der Waals surface area contributed by atoms with Gasteiger partial charge in [0, 0.05) is 13.1 Å². The van der Waals surface area contributed by atoms with Crippen molar-refractivity contribution >= 4 is 15.9 Å². The maximum absolute atomic E-state index is 12.7. The van der Waals surface area contributed by atoms with Crippen molar-refractivity contribution in [1.82, 2.24) is 9.62 Å². The van der Waals surface area contributed by atoms with Crippen LogP contribution in [0.4, 0.5) is 0 Å². The number of carbonyl (C=O) groups is 1. The van der Waals surface area contributed by atoms with Crippen molar-refractivity contribution in [3.63, 3.8) is 0 Å². The lowest BCUT2D eigenvalue weighted by Gasteiger charge is -2.26. The quantitative estimate of drug-likeness (QED) is 0.856. The molecule has 1 N–H and O–H groups in total. The molecule has 134 valence electrons. The van der Waals surface area contributed by atoms with Crippen LogP contribution in [0.2, 0.25) is 0 Å². The lowest BCUT2D eigenvalue weighted by Crippen LogP contribution is -2.50. The first-order chi connectivity index (χ1) is 11.2. The Labute approximate surface area is 145 Å². The van der Waals surface area contributed by atoms with E-state index in [0.29, 0.717) is 19.0 Å². The average molecular weight is 353 g/mol. The van der Waals surface area contributed by atoms with E-state index >= 15 is 0 Å². The zero-order valence-corrected chi connectivity index (χ0v) is 15.8. The molecular weight excluding hydrogens is 324 g/mol. The largest absolute Gasteiger partial charge is 0.341 e. The Morgan fingerprint density at radius 1 is 1.04 bits per heavy atom. The maximum atomic E-state index is 12.7. The van der Waals surface area contributed by atoms with Crippen molar-refractivity contribution in [3.8, 4) is 0 Å². The van der Waals surface area contributed by atoms with E-state index in [4.69, 9.17) is 0 Å². The smallest absolute Gasteiger partial charge is 0.241 e. The summed E-state index contributed by atoms with van der Waals surface area (Å²) in [4.78, 5) is 14.6. The molecule has 24 heavy (non-hydrogen) atoms. The fourth-order valence-corrected chi connectivity index (χ4v) is 4.21. The first-order valence-electron chi connectivity index (χ1n) is 8.63. The predicted molar refractivity (Wildman–Crippen MR) is 95.3 cm³/mol. The Morgan fingerprint density at radius 3 is 2.04 bits per heavy atom. The maximum Gasteiger partial charge on any atom is 0.241 e. The number of nitrogens with one attached hydrogen (secondary N) is 1. The number of benzene rings is 1. The number of hydrogen-bond donors (Lipinski definition) is 1. The molecule has 0 unspecified atom stereocenters. The molecule has 1 aromatic rings. The van der Waals surface area contributed by atoms with E-state index in [9.17, 15) is 13.2 Å². The number of carbonyl (C=O) groups excluding carboxylic acids is 1. The molecule has 1 aliphatic heterocycles. The third-order valence-electron chi connectivity index (χ3n) is 4.49. The molecule has 0 aromatic heterocycles. The van der Waals surface area contributed by atoms with E-state index in [1.165, 1.54) is 0 Å². The fraction of sp³-hybridized carbons (Fsp3) is 0.611. The Morgan fingerprint density at radius 2 is 1.58 bits per heavy atom. The number of sulfonamides is 1. The minimum absolute atomic E-state index is 0.109. The van der Waals surface area contributed by atoms with Crippen molar-refractivity contribution in [3.05, 3.63) is 29.8 Å². The number of likely N-dealkylation sites (tertiary alicyclic amines) is 1. The predicted octanol–water partition coefficient (Wildman–Crippen LogP) is 2.74. The SMILES string of the molecule is CC(C)c1ccc(S(=O)(=O)N[C@H](C(=O)N2CCCC2)C(C)C)cc1. The molecule has 0 aliphatic carbocycles. The number of hydrogen-bond acceptors (Lipinski definition) is 3. The van der Waals surface area contributed by atoms with Gasteiger partial charge in [-0.15, -0.1) is 0 Å². The molecule has 0 spiro atoms. The zero-order chi connectivity index (χ0) is 17.9. The standard InChI is InChI=1S/C18H28N2O3S/c1-13(2)15-7-9-16(10-8-15)24(22,23)19-17(14(3)4)18(21)20-11-5-6-12-20/h7-10,13-14,17,19H,5-6,11-12H2,1-4H3/t17-/m0/s1. The average Bonchev–Trinajstić information content (AvgIpc) is 3.06. The molecule has 0 saturated carbocycles. The topological polar surface area (TPSA) is 66.5 Å². The number of rotatable bonds is 6. The molecule has 1 saturated heterocycles. The highest BCUT2D eigenvalue weighted by Crippen LogP contribution is 2.19. The van der Waals surface area contributed by atoms with Gasteiger partial charge in [0.2, 0.25) is 15.9 Å². The summed E-state index contributed by atoms with van der Waals surface area (Å²) in [5, 5.41) is 0. The van der Waals surface area contributed by atoms with Crippen molar-refractivity contribution in [1.29, 1.82) is 0 Å². The lowest BCUT2D eigenvalue weighted by atomic mass is 10.0. The summed E-state index contributed by atoms with van der Waals surface area (Å²) in [6.45, 7) is 9.28. The van der Waals surface area contributed by atoms with Gasteiger partial charge in [-0.1, -0.05) is 39.8 Å². The first kappa shape index (κ1) is 18.9. The van der Waals surface area contributed by atoms with Crippen molar-refractivity contribution < 1.29 is 13.2 Å². The number of amides is 1. The molecule has 5 nitrogen and oxygen atoms in total. The summed E-state index contributed by atoms with van der Waals surface area (Å²) in [5.41, 5.74) is 1.09. The van der Waals surface area contributed by atoms with E-state index < -0.39 is 16.1 Å². The highest BCUT2D eigenvalue weighted by Gasteiger charge is 2.32. The Hall–Kier alpha value is -1.40. The molecule has 1 heterocycles. The summed E-state index contributed by atoms with van der Waals surface area (Å²) < 4.78 is 27.9. The lowest BCUT2D eigenvalue weighted by molar-refractivity contribution is -0.132. The molecule has 2 rings (SSSR count). The molecule has 1 aromatic carbocycles. The highest BCUT2D eigenvalue weighted by molar-refractivity contribution is 7.89. The molecule has 0 radical (unpaired) electrons. The van der Waals surface area contributed by atoms with Crippen LogP contribution < -0.4 is 4.72 Å². The molecule has 0 bridgehead atoms. The van der Waals surface area contributed by atoms with Crippen LogP contribution in [0.25, 0.3) is 0 Å². The second-order valence-electron chi connectivity index (χ2n) is 7.10. The summed E-state index contributed by atoms with van der Waals surface area (Å²) >= 11 is 0. The van der Waals surface area contributed by atoms with Crippen LogP contribution in [0, 0.1) is 5.92 Å². The van der Waals surface area contributed by atoms with Crippen molar-refractivity contribution in [2.45, 2.75) is 57.4 Å². The summed E-state index contributed by atoms with van der Waals surface area (Å²) in [7, 11) is -3.72. The Bertz CT molecular complexity index is 660. The zero-order valence-electron chi connectivity index (χ0n) is 15.0. The van der Waals surface area contributed by atoms with Gasteiger partial charge < -0.3 is 4.90 Å². The van der Waals surface area contributed by atoms with Crippen LogP contribution in [-0.2, 0) is 14.8 Å². The van der Waals surface area contributed by atoms with Gasteiger partial charge in [-0.25, -0.2) is 8.42 Å². The van der Waals surface area contributed by atoms with Crippen LogP contribution >= 0.6 is 0 Å². The summed E-state index contributed by atoms with van der Waals surface area (Å²) in [6, 6.07) is 6.14. The molecule has 1 atom stereocenters. The molecular formula is C18H28N2O3S. The van der Waals surface area contributed by atoms with E-state index in [-0.39, 0.29) is 16.7 Å². The molecule has 1 aliphatic rings. The molecule has 6 heteroatoms. The molecule has 1 fully saturated rings. The van der Waals surface area contributed by atoms with Gasteiger partial charge >= 0.3 is 0 Å². The second-order valence-corrected chi connectivity index (χ2v) is 8.81. The second kappa shape index (κ2) is 7.66. The van der Waals surface area contributed by atoms with Crippen LogP contribution in [0.5, 0.6) is 0 Å². The van der Waals surface area contributed by atoms with Gasteiger partial charge in [0.1, 0.15) is 6.04 Å². The summed E-state index contributed by atoms with van der Waals surface area (Å²) in [6.07, 6.45) is 1.97. The fourth-order valence-electron chi connectivity index (χ4n) is 2.87. The first-order valence-corrected chi connectivity index (χ1v) is 10.1. The van der Waals surface area contributed by atoms with E-state index in [1.807, 2.05) is 26.0 Å². The van der Waals surface area contributed by atoms with Gasteiger partial charge in [-0.2, -0.15) is 4.72 Å². The van der Waals surface area contributed by atoms with Crippen LogP contribution in [0.15, 0.2) is 29.2 Å². The number of nitrogens with zero attached hydrogens (tertiary/aromatic N) is 1. The van der Waals surface area contributed by atoms with Crippen LogP contribution in [0.3, 0.4) is 0 Å². The normalized spacial score (nSPS) is 16.8. The monoisotopic (exact) mass is 352 g/mol. The van der Waals surface area contributed by atoms with Gasteiger partial charge in [0.25, 0.3) is 0 Å². The van der Waals surface area contributed by atoms with Crippen LogP contribution in [0.1, 0.15) is 52.0 Å². The minimum atomic E-state index is -3.72. The van der Waals surface area contributed by atoms with Gasteiger partial charge in [-0.05, 0) is 42.4 Å². The van der Waals surface area contributed by atoms with Gasteiger partial charge in [-0.3, -0.25) is 4.79 Å². The highest BCUT2D eigenvalue weighted by atomic mass is 32.2. The summed E-state index contributed by atoms with van der Waals surface area (Å²) in [5.74, 6) is 0.113. The van der Waals surface area contributed by atoms with Crippen molar-refractivity contribution in [2.75, 3.05) is 13.1 Å². The Kier molecular flexibility index (Phi) is 6.04. The third kappa shape index (κ3) is 4.36. The third-order valence-corrected chi connectivity index (χ3v) is 5.95. The molecule has 1 amide bonds. The van der Waals surface area contributed by atoms with E-state index in [1.54, 1.807) is 17.0 Å². The Balaban J connectivity index is 2.19. The van der Waals surface area contributed by atoms with Crippen molar-refractivity contribution in [2.24, 2.45) is 5.92 Å². The van der Waals surface area contributed by atoms with E-state index in [0.717, 1.165) is 18.4 Å². The minimum Gasteiger partial charge on any atom is -0.341 e. The van der Waals surface area contributed by atoms with Crippen LogP contribution in [-0.4, -0.2) is 38.4 Å². The van der Waals surface area contributed by atoms with Gasteiger partial charge in [0.15, 0.2) is 0 Å². The van der Waals surface area contributed by atoms with E-state index in [2.05, 4.69) is 18.6 Å². The van der Waals surface area contributed by atoms with Gasteiger partial charge in [0.05, 0.1) is 4.90 Å².